The third kappa shape index (κ3) is 5.91. The largest absolute Gasteiger partial charge is 0.207 e. The van der Waals surface area contributed by atoms with Crippen LogP contribution < -0.4 is 0 Å². The second kappa shape index (κ2) is 16.0. The van der Waals surface area contributed by atoms with Crippen LogP contribution in [-0.4, -0.2) is 0 Å². The van der Waals surface area contributed by atoms with Gasteiger partial charge in [-0.3, -0.25) is 0 Å². The third-order valence-electron chi connectivity index (χ3n) is 11.0. The van der Waals surface area contributed by atoms with Gasteiger partial charge in [-0.15, -0.1) is 0 Å². The Hall–Kier alpha value is -9.20. The lowest BCUT2D eigenvalue weighted by molar-refractivity contribution is 0.428. The predicted octanol–water partition coefficient (Wildman–Crippen LogP) is 10.2. The number of halogens is 10. The van der Waals surface area contributed by atoms with Crippen LogP contribution in [0.1, 0.15) is 90.4 Å². The molecule has 5 aromatic carbocycles. The highest BCUT2D eigenvalue weighted by Gasteiger charge is 2.51. The van der Waals surface area contributed by atoms with Crippen LogP contribution in [-0.2, 0) is 0 Å². The first-order valence-corrected chi connectivity index (χ1v) is 17.8. The maximum atomic E-state index is 16.0. The van der Waals surface area contributed by atoms with Crippen LogP contribution in [0.5, 0.6) is 0 Å². The van der Waals surface area contributed by atoms with E-state index in [-0.39, 0.29) is 11.1 Å². The van der Waals surface area contributed by atoms with Gasteiger partial charge in [-0.2, -0.15) is 42.1 Å². The van der Waals surface area contributed by atoms with Gasteiger partial charge in [0, 0.05) is 34.1 Å². The van der Waals surface area contributed by atoms with Crippen LogP contribution in [0.3, 0.4) is 0 Å². The minimum atomic E-state index is -2.61. The van der Waals surface area contributed by atoms with E-state index in [1.807, 2.05) is 0 Å². The number of benzene rings is 5. The second-order valence-corrected chi connectivity index (χ2v) is 13.8. The van der Waals surface area contributed by atoms with Gasteiger partial charge in [0.05, 0.1) is 52.3 Å². The normalized spacial score (nSPS) is 15.6. The molecule has 0 aliphatic heterocycles. The Morgan fingerprint density at radius 2 is 0.656 bits per heavy atom. The fourth-order valence-corrected chi connectivity index (χ4v) is 8.49. The Kier molecular flexibility index (Phi) is 10.7. The summed E-state index contributed by atoms with van der Waals surface area (Å²) in [5, 5.41) is 83.7. The summed E-state index contributed by atoms with van der Waals surface area (Å²) in [5.74, 6) is -29.7. The van der Waals surface area contributed by atoms with E-state index in [0.29, 0.717) is 0 Å². The molecule has 8 nitrogen and oxygen atoms in total. The number of rotatable bonds is 6. The Morgan fingerprint density at radius 3 is 0.906 bits per heavy atom. The van der Waals surface area contributed by atoms with Gasteiger partial charge in [0.2, 0.25) is 0 Å². The zero-order valence-electron chi connectivity index (χ0n) is 31.3. The number of hydrogen-bond acceptors (Lipinski definition) is 8. The number of allylic oxidation sites excluding steroid dienone is 4. The van der Waals surface area contributed by atoms with Gasteiger partial charge in [-0.25, -0.2) is 43.9 Å². The van der Waals surface area contributed by atoms with Gasteiger partial charge < -0.3 is 0 Å². The first kappa shape index (κ1) is 42.9. The van der Waals surface area contributed by atoms with E-state index in [4.69, 9.17) is 0 Å². The van der Waals surface area contributed by atoms with Crippen molar-refractivity contribution in [2.24, 2.45) is 0 Å². The molecule has 0 saturated carbocycles. The predicted molar refractivity (Wildman–Crippen MR) is 198 cm³/mol. The molecule has 4 unspecified atom stereocenters. The summed E-state index contributed by atoms with van der Waals surface area (Å²) in [4.78, 5) is 0. The van der Waals surface area contributed by atoms with Crippen molar-refractivity contribution in [1.29, 1.82) is 42.1 Å². The van der Waals surface area contributed by atoms with Crippen molar-refractivity contribution in [1.82, 2.24) is 0 Å². The monoisotopic (exact) mass is 866 g/mol. The minimum Gasteiger partial charge on any atom is -0.207 e. The lowest BCUT2D eigenvalue weighted by atomic mass is 9.71. The van der Waals surface area contributed by atoms with E-state index < -0.39 is 160 Å². The molecular formula is C46H12F10N8. The zero-order chi connectivity index (χ0) is 46.6. The van der Waals surface area contributed by atoms with Crippen molar-refractivity contribution >= 4 is 22.3 Å². The number of nitrogens with zero attached hydrogens (tertiary/aromatic N) is 8. The third-order valence-corrected chi connectivity index (χ3v) is 11.0. The summed E-state index contributed by atoms with van der Waals surface area (Å²) in [6.07, 6.45) is 0. The molecule has 0 spiro atoms. The highest BCUT2D eigenvalue weighted by atomic mass is 19.2. The average Bonchev–Trinajstić information content (AvgIpc) is 3.81. The molecule has 0 saturated heterocycles. The number of hydrogen-bond donors (Lipinski definition) is 0. The van der Waals surface area contributed by atoms with Crippen LogP contribution in [0.15, 0.2) is 48.5 Å². The summed E-state index contributed by atoms with van der Waals surface area (Å²) in [7, 11) is 0. The summed E-state index contributed by atoms with van der Waals surface area (Å²) >= 11 is 0. The Labute approximate surface area is 353 Å². The molecule has 4 atom stereocenters. The van der Waals surface area contributed by atoms with E-state index in [0.717, 1.165) is 60.7 Å². The molecule has 0 aromatic heterocycles. The van der Waals surface area contributed by atoms with E-state index in [1.165, 1.54) is 12.1 Å². The van der Waals surface area contributed by atoms with Crippen molar-refractivity contribution in [2.75, 3.05) is 0 Å². The summed E-state index contributed by atoms with van der Waals surface area (Å²) in [6.45, 7) is 0. The smallest absolute Gasteiger partial charge is 0.180 e. The maximum Gasteiger partial charge on any atom is 0.180 e. The Morgan fingerprint density at radius 1 is 0.359 bits per heavy atom. The molecule has 5 aromatic rings. The van der Waals surface area contributed by atoms with Gasteiger partial charge >= 0.3 is 0 Å². The molecule has 7 rings (SSSR count). The number of fused-ring (bicyclic) bond motifs is 2. The van der Waals surface area contributed by atoms with Crippen LogP contribution in [0.25, 0.3) is 22.3 Å². The van der Waals surface area contributed by atoms with Crippen molar-refractivity contribution in [2.45, 2.75) is 23.7 Å². The SMILES string of the molecule is N#CC1=C(c2ccc(F)cc2)C(C(C#N)c2c(F)c(F)c(C#N)c(F)c2F)c2c(C#N)c3c(c(C#N)c21)C(C#N)=C(c1ccc(F)cc1)C3C(C#N)c1c(F)c(F)c(C#N)c(F)c1F. The number of nitriles is 8. The molecule has 2 aliphatic rings. The van der Waals surface area contributed by atoms with Crippen molar-refractivity contribution < 1.29 is 43.9 Å². The molecule has 2 aliphatic carbocycles. The van der Waals surface area contributed by atoms with Crippen LogP contribution >= 0.6 is 0 Å². The zero-order valence-corrected chi connectivity index (χ0v) is 31.3. The maximum absolute atomic E-state index is 16.0. The van der Waals surface area contributed by atoms with Gasteiger partial charge in [-0.1, -0.05) is 24.3 Å². The standard InChI is InChI=1S/C46H12F10N8/c47-19-5-1-17(2-6-19)29-21(9-57)31-23(11-59)32-22(10-58)30(18-3-7-20(48)8-4-18)34(26(14-62)38-45(55)41(51)28(16-64)42(52)46(38)56)36(32)24(12-60)35(31)33(29)25(13-61)37-43(53)39(49)27(15-63)40(50)44(37)54/h1-8,25-26,33-34H. The van der Waals surface area contributed by atoms with E-state index in [9.17, 15) is 50.9 Å². The lowest BCUT2D eigenvalue weighted by Crippen LogP contribution is -2.20. The van der Waals surface area contributed by atoms with Gasteiger partial charge in [0.15, 0.2) is 46.5 Å². The topological polar surface area (TPSA) is 190 Å². The van der Waals surface area contributed by atoms with E-state index in [1.54, 1.807) is 24.3 Å². The van der Waals surface area contributed by atoms with Gasteiger partial charge in [-0.05, 0) is 57.7 Å². The van der Waals surface area contributed by atoms with Crippen molar-refractivity contribution in [3.8, 4) is 48.6 Å². The fourth-order valence-electron chi connectivity index (χ4n) is 8.49. The quantitative estimate of drug-likeness (QED) is 0.119. The molecule has 0 fully saturated rings. The van der Waals surface area contributed by atoms with Crippen molar-refractivity contribution in [3.63, 3.8) is 0 Å². The lowest BCUT2D eigenvalue weighted by Gasteiger charge is -2.28. The first-order chi connectivity index (χ1) is 30.6. The fraction of sp³-hybridized carbons (Fsp3) is 0.0870. The summed E-state index contributed by atoms with van der Waals surface area (Å²) in [6, 6.07) is 19.0. The molecule has 0 radical (unpaired) electrons. The average molecular weight is 867 g/mol. The van der Waals surface area contributed by atoms with Crippen LogP contribution in [0.4, 0.5) is 43.9 Å². The minimum absolute atomic E-state index is 0.259. The summed E-state index contributed by atoms with van der Waals surface area (Å²) in [5.41, 5.74) is -14.4. The van der Waals surface area contributed by atoms with Crippen molar-refractivity contribution in [3.05, 3.63) is 173 Å². The molecular weight excluding hydrogens is 855 g/mol. The molecule has 0 N–H and O–H groups in total. The highest BCUT2D eigenvalue weighted by molar-refractivity contribution is 6.13. The molecule has 0 amide bonds. The molecule has 0 heterocycles. The van der Waals surface area contributed by atoms with Gasteiger partial charge in [0.1, 0.15) is 53.1 Å². The van der Waals surface area contributed by atoms with Crippen LogP contribution in [0, 0.1) is 149 Å². The molecule has 306 valence electrons. The van der Waals surface area contributed by atoms with Gasteiger partial charge in [0.25, 0.3) is 0 Å². The summed E-state index contributed by atoms with van der Waals surface area (Å²) < 4.78 is 154. The first-order valence-electron chi connectivity index (χ1n) is 17.8. The molecule has 0 bridgehead atoms. The highest BCUT2D eigenvalue weighted by Crippen LogP contribution is 2.62. The Balaban J connectivity index is 1.73. The van der Waals surface area contributed by atoms with E-state index >= 15 is 35.1 Å². The van der Waals surface area contributed by atoms with Crippen LogP contribution in [0.2, 0.25) is 0 Å². The Bertz CT molecular complexity index is 3120. The van der Waals surface area contributed by atoms with E-state index in [2.05, 4.69) is 0 Å². The second-order valence-electron chi connectivity index (χ2n) is 13.8. The molecule has 18 heteroatoms. The molecule has 64 heavy (non-hydrogen) atoms.